The maximum absolute atomic E-state index is 11.5. The van der Waals surface area contributed by atoms with E-state index < -0.39 is 0 Å². The molecule has 0 unspecified atom stereocenters. The van der Waals surface area contributed by atoms with Crippen LogP contribution in [-0.2, 0) is 4.79 Å². The summed E-state index contributed by atoms with van der Waals surface area (Å²) in [5.41, 5.74) is 12.4. The van der Waals surface area contributed by atoms with Crippen molar-refractivity contribution in [3.05, 3.63) is 11.8 Å². The predicted molar refractivity (Wildman–Crippen MR) is 73.6 cm³/mol. The normalized spacial score (nSPS) is 21.6. The molecule has 1 aliphatic carbocycles. The van der Waals surface area contributed by atoms with E-state index in [1.807, 2.05) is 6.07 Å². The van der Waals surface area contributed by atoms with Gasteiger partial charge in [0.15, 0.2) is 0 Å². The summed E-state index contributed by atoms with van der Waals surface area (Å²) >= 11 is 0. The van der Waals surface area contributed by atoms with Gasteiger partial charge in [0.05, 0.1) is 12.2 Å². The number of nitrogens with zero attached hydrogens (tertiary/aromatic N) is 3. The zero-order valence-corrected chi connectivity index (χ0v) is 11.3. The molecule has 5 N–H and O–H groups in total. The molecular weight excluding hydrogens is 244 g/mol. The Morgan fingerprint density at radius 3 is 2.74 bits per heavy atom. The van der Waals surface area contributed by atoms with E-state index in [4.69, 9.17) is 11.5 Å². The van der Waals surface area contributed by atoms with Gasteiger partial charge in [0.2, 0.25) is 11.9 Å². The molecule has 0 spiro atoms. The van der Waals surface area contributed by atoms with Crippen LogP contribution >= 0.6 is 0 Å². The Balaban J connectivity index is 2.02. The fourth-order valence-electron chi connectivity index (χ4n) is 2.01. The van der Waals surface area contributed by atoms with Crippen LogP contribution in [0.5, 0.6) is 0 Å². The molecule has 7 nitrogen and oxygen atoms in total. The van der Waals surface area contributed by atoms with Crippen LogP contribution in [0.4, 0.5) is 11.8 Å². The van der Waals surface area contributed by atoms with Crippen molar-refractivity contribution in [3.63, 3.8) is 0 Å². The topological polar surface area (TPSA) is 110 Å². The molecule has 19 heavy (non-hydrogen) atoms. The number of carbonyl (C=O) groups is 1. The molecule has 1 aromatic heterocycles. The number of amides is 1. The molecule has 7 heteroatoms. The van der Waals surface area contributed by atoms with E-state index in [-0.39, 0.29) is 24.4 Å². The Morgan fingerprint density at radius 1 is 1.47 bits per heavy atom. The van der Waals surface area contributed by atoms with Crippen LogP contribution in [0.3, 0.4) is 0 Å². The largest absolute Gasteiger partial charge is 0.368 e. The van der Waals surface area contributed by atoms with E-state index in [1.54, 1.807) is 14.1 Å². The van der Waals surface area contributed by atoms with Crippen LogP contribution in [0.1, 0.15) is 24.5 Å². The van der Waals surface area contributed by atoms with E-state index in [1.165, 1.54) is 4.90 Å². The molecule has 1 amide bonds. The first-order chi connectivity index (χ1) is 8.95. The second-order valence-corrected chi connectivity index (χ2v) is 5.11. The minimum absolute atomic E-state index is 0.0237. The minimum Gasteiger partial charge on any atom is -0.368 e. The highest BCUT2D eigenvalue weighted by Crippen LogP contribution is 2.35. The SMILES string of the molecule is CN(C)C(=O)CNc1cc(C2CC(N)C2)nc(N)n1. The number of hydrogen-bond acceptors (Lipinski definition) is 6. The smallest absolute Gasteiger partial charge is 0.241 e. The lowest BCUT2D eigenvalue weighted by atomic mass is 9.78. The second kappa shape index (κ2) is 5.40. The summed E-state index contributed by atoms with van der Waals surface area (Å²) in [6.07, 6.45) is 1.85. The quantitative estimate of drug-likeness (QED) is 0.692. The lowest BCUT2D eigenvalue weighted by Crippen LogP contribution is -2.35. The van der Waals surface area contributed by atoms with E-state index in [0.29, 0.717) is 11.7 Å². The first-order valence-corrected chi connectivity index (χ1v) is 6.29. The van der Waals surface area contributed by atoms with Crippen LogP contribution in [0.15, 0.2) is 6.07 Å². The van der Waals surface area contributed by atoms with Gasteiger partial charge in [0.25, 0.3) is 0 Å². The van der Waals surface area contributed by atoms with Crippen LogP contribution < -0.4 is 16.8 Å². The summed E-state index contributed by atoms with van der Waals surface area (Å²) in [6.45, 7) is 0.188. The molecule has 0 radical (unpaired) electrons. The third kappa shape index (κ3) is 3.31. The highest BCUT2D eigenvalue weighted by atomic mass is 16.2. The number of nitrogens with two attached hydrogens (primary N) is 2. The van der Waals surface area contributed by atoms with Gasteiger partial charge in [0.1, 0.15) is 5.82 Å². The third-order valence-corrected chi connectivity index (χ3v) is 3.28. The van der Waals surface area contributed by atoms with Crippen molar-refractivity contribution < 1.29 is 4.79 Å². The third-order valence-electron chi connectivity index (χ3n) is 3.28. The number of nitrogen functional groups attached to an aromatic ring is 1. The van der Waals surface area contributed by atoms with E-state index in [0.717, 1.165) is 18.5 Å². The standard InChI is InChI=1S/C12H20N6O/c1-18(2)11(19)6-15-10-5-9(16-12(14)17-10)7-3-8(13)4-7/h5,7-8H,3-4,6,13H2,1-2H3,(H3,14,15,16,17). The van der Waals surface area contributed by atoms with Crippen molar-refractivity contribution in [1.82, 2.24) is 14.9 Å². The van der Waals surface area contributed by atoms with Crippen molar-refractivity contribution in [2.24, 2.45) is 5.73 Å². The number of likely N-dealkylation sites (N-methyl/N-ethyl adjacent to an activating group) is 1. The summed E-state index contributed by atoms with van der Waals surface area (Å²) in [6, 6.07) is 2.10. The van der Waals surface area contributed by atoms with Gasteiger partial charge < -0.3 is 21.7 Å². The Kier molecular flexibility index (Phi) is 3.84. The molecule has 0 atom stereocenters. The van der Waals surface area contributed by atoms with Gasteiger partial charge in [-0.3, -0.25) is 4.79 Å². The average molecular weight is 264 g/mol. The number of nitrogens with one attached hydrogen (secondary N) is 1. The summed E-state index contributed by atoms with van der Waals surface area (Å²) in [5, 5.41) is 2.97. The number of hydrogen-bond donors (Lipinski definition) is 3. The van der Waals surface area contributed by atoms with Gasteiger partial charge in [-0.15, -0.1) is 0 Å². The van der Waals surface area contributed by atoms with Crippen molar-refractivity contribution >= 4 is 17.7 Å². The number of anilines is 2. The summed E-state index contributed by atoms with van der Waals surface area (Å²) in [7, 11) is 3.42. The molecule has 104 valence electrons. The van der Waals surface area contributed by atoms with Crippen LogP contribution in [0.25, 0.3) is 0 Å². The van der Waals surface area contributed by atoms with Crippen LogP contribution in [0.2, 0.25) is 0 Å². The molecule has 0 bridgehead atoms. The molecular formula is C12H20N6O. The monoisotopic (exact) mass is 264 g/mol. The van der Waals surface area contributed by atoms with E-state index >= 15 is 0 Å². The predicted octanol–water partition coefficient (Wildman–Crippen LogP) is -0.236. The molecule has 1 aliphatic rings. The number of carbonyl (C=O) groups excluding carboxylic acids is 1. The Labute approximate surface area is 112 Å². The fraction of sp³-hybridized carbons (Fsp3) is 0.583. The van der Waals surface area contributed by atoms with Gasteiger partial charge in [-0.2, -0.15) is 4.98 Å². The fourth-order valence-corrected chi connectivity index (χ4v) is 2.01. The van der Waals surface area contributed by atoms with Gasteiger partial charge in [-0.05, 0) is 12.8 Å². The molecule has 1 fully saturated rings. The first-order valence-electron chi connectivity index (χ1n) is 6.29. The highest BCUT2D eigenvalue weighted by molar-refractivity contribution is 5.80. The van der Waals surface area contributed by atoms with E-state index in [9.17, 15) is 4.79 Å². The first kappa shape index (κ1) is 13.5. The Bertz CT molecular complexity index is 469. The summed E-state index contributed by atoms with van der Waals surface area (Å²) < 4.78 is 0. The van der Waals surface area contributed by atoms with Crippen LogP contribution in [0, 0.1) is 0 Å². The Morgan fingerprint density at radius 2 is 2.16 bits per heavy atom. The molecule has 0 aromatic carbocycles. The van der Waals surface area contributed by atoms with Crippen molar-refractivity contribution in [2.45, 2.75) is 24.8 Å². The average Bonchev–Trinajstić information content (AvgIpc) is 2.31. The molecule has 0 saturated heterocycles. The summed E-state index contributed by atoms with van der Waals surface area (Å²) in [5.74, 6) is 1.13. The maximum Gasteiger partial charge on any atom is 0.241 e. The molecule has 1 heterocycles. The van der Waals surface area contributed by atoms with Gasteiger partial charge in [-0.25, -0.2) is 4.98 Å². The highest BCUT2D eigenvalue weighted by Gasteiger charge is 2.29. The van der Waals surface area contributed by atoms with Gasteiger partial charge >= 0.3 is 0 Å². The zero-order valence-electron chi connectivity index (χ0n) is 11.3. The Hall–Kier alpha value is -1.89. The van der Waals surface area contributed by atoms with Crippen molar-refractivity contribution in [2.75, 3.05) is 31.7 Å². The molecule has 0 aliphatic heterocycles. The lowest BCUT2D eigenvalue weighted by Gasteiger charge is -2.32. The van der Waals surface area contributed by atoms with Gasteiger partial charge in [-0.1, -0.05) is 0 Å². The maximum atomic E-state index is 11.5. The zero-order chi connectivity index (χ0) is 14.0. The van der Waals surface area contributed by atoms with Gasteiger partial charge in [0, 0.05) is 32.1 Å². The van der Waals surface area contributed by atoms with Crippen LogP contribution in [-0.4, -0.2) is 47.5 Å². The molecule has 1 aromatic rings. The summed E-state index contributed by atoms with van der Waals surface area (Å²) in [4.78, 5) is 21.3. The number of rotatable bonds is 4. The second-order valence-electron chi connectivity index (χ2n) is 5.11. The number of aromatic nitrogens is 2. The molecule has 1 saturated carbocycles. The minimum atomic E-state index is -0.0237. The van der Waals surface area contributed by atoms with E-state index in [2.05, 4.69) is 15.3 Å². The lowest BCUT2D eigenvalue weighted by molar-refractivity contribution is -0.126. The molecule has 2 rings (SSSR count). The van der Waals surface area contributed by atoms with Crippen molar-refractivity contribution in [3.8, 4) is 0 Å². The van der Waals surface area contributed by atoms with Crippen molar-refractivity contribution in [1.29, 1.82) is 0 Å².